The Morgan fingerprint density at radius 2 is 2.00 bits per heavy atom. The number of thioether (sulfide) groups is 1. The topological polar surface area (TPSA) is 32.5 Å². The van der Waals surface area contributed by atoms with E-state index >= 15 is 0 Å². The third kappa shape index (κ3) is 3.36. The van der Waals surface area contributed by atoms with Crippen molar-refractivity contribution in [2.75, 3.05) is 51.8 Å². The maximum Gasteiger partial charge on any atom is 0.0353 e. The van der Waals surface area contributed by atoms with Crippen LogP contribution in [0.3, 0.4) is 0 Å². The van der Waals surface area contributed by atoms with Crippen LogP contribution in [0.5, 0.6) is 0 Å². The molecule has 1 aliphatic heterocycles. The summed E-state index contributed by atoms with van der Waals surface area (Å²) in [5.41, 5.74) is 6.30. The van der Waals surface area contributed by atoms with Crippen molar-refractivity contribution < 1.29 is 0 Å². The Balaban J connectivity index is 2.51. The molecule has 4 heteroatoms. The minimum atomic E-state index is 0.265. The standard InChI is InChI=1S/C12H27N3S/c1-4-15-7-5-12(11-13,6-8-15)14(2)9-10-16-3/h4-11,13H2,1-3H3. The molecular weight excluding hydrogens is 218 g/mol. The van der Waals surface area contributed by atoms with Crippen LogP contribution in [0.1, 0.15) is 19.8 Å². The number of nitrogens with zero attached hydrogens (tertiary/aromatic N) is 2. The first-order valence-electron chi connectivity index (χ1n) is 6.31. The number of hydrogen-bond donors (Lipinski definition) is 1. The first-order valence-corrected chi connectivity index (χ1v) is 7.70. The van der Waals surface area contributed by atoms with Crippen molar-refractivity contribution in [2.45, 2.75) is 25.3 Å². The van der Waals surface area contributed by atoms with Crippen molar-refractivity contribution in [1.29, 1.82) is 0 Å². The summed E-state index contributed by atoms with van der Waals surface area (Å²) in [5.74, 6) is 1.20. The van der Waals surface area contributed by atoms with Crippen LogP contribution in [-0.2, 0) is 0 Å². The number of hydrogen-bond acceptors (Lipinski definition) is 4. The summed E-state index contributed by atoms with van der Waals surface area (Å²) < 4.78 is 0. The normalized spacial score (nSPS) is 21.6. The summed E-state index contributed by atoms with van der Waals surface area (Å²) in [5, 5.41) is 0. The van der Waals surface area contributed by atoms with E-state index in [1.165, 1.54) is 38.2 Å². The van der Waals surface area contributed by atoms with Gasteiger partial charge < -0.3 is 10.6 Å². The molecule has 1 fully saturated rings. The fourth-order valence-corrected chi connectivity index (χ4v) is 2.95. The van der Waals surface area contributed by atoms with Crippen molar-refractivity contribution in [3.8, 4) is 0 Å². The summed E-state index contributed by atoms with van der Waals surface area (Å²) >= 11 is 1.92. The molecule has 0 aliphatic carbocycles. The van der Waals surface area contributed by atoms with Gasteiger partial charge in [-0.3, -0.25) is 4.90 Å². The molecule has 0 radical (unpaired) electrons. The minimum absolute atomic E-state index is 0.265. The van der Waals surface area contributed by atoms with E-state index in [2.05, 4.69) is 30.0 Å². The number of nitrogens with two attached hydrogens (primary N) is 1. The van der Waals surface area contributed by atoms with Crippen LogP contribution in [0.2, 0.25) is 0 Å². The number of piperidine rings is 1. The predicted molar refractivity (Wildman–Crippen MR) is 74.1 cm³/mol. The van der Waals surface area contributed by atoms with Gasteiger partial charge in [-0.15, -0.1) is 0 Å². The molecular formula is C12H27N3S. The van der Waals surface area contributed by atoms with Crippen molar-refractivity contribution >= 4 is 11.8 Å². The highest BCUT2D eigenvalue weighted by Gasteiger charge is 2.36. The number of likely N-dealkylation sites (N-methyl/N-ethyl adjacent to an activating group) is 1. The summed E-state index contributed by atoms with van der Waals surface area (Å²) in [6.07, 6.45) is 4.62. The molecule has 0 aromatic heterocycles. The Morgan fingerprint density at radius 1 is 1.38 bits per heavy atom. The summed E-state index contributed by atoms with van der Waals surface area (Å²) in [6.45, 7) is 7.79. The van der Waals surface area contributed by atoms with E-state index in [1.54, 1.807) is 0 Å². The monoisotopic (exact) mass is 245 g/mol. The highest BCUT2D eigenvalue weighted by Crippen LogP contribution is 2.27. The van der Waals surface area contributed by atoms with Gasteiger partial charge in [-0.05, 0) is 45.8 Å². The third-order valence-electron chi connectivity index (χ3n) is 4.05. The van der Waals surface area contributed by atoms with Gasteiger partial charge >= 0.3 is 0 Å². The van der Waals surface area contributed by atoms with Crippen LogP contribution in [0.15, 0.2) is 0 Å². The van der Waals surface area contributed by atoms with Crippen LogP contribution in [0.4, 0.5) is 0 Å². The van der Waals surface area contributed by atoms with Crippen molar-refractivity contribution in [3.05, 3.63) is 0 Å². The molecule has 0 atom stereocenters. The quantitative estimate of drug-likeness (QED) is 0.759. The summed E-state index contributed by atoms with van der Waals surface area (Å²) in [6, 6.07) is 0. The maximum absolute atomic E-state index is 6.03. The molecule has 0 bridgehead atoms. The lowest BCUT2D eigenvalue weighted by molar-refractivity contribution is 0.0517. The molecule has 1 heterocycles. The third-order valence-corrected chi connectivity index (χ3v) is 4.65. The fourth-order valence-electron chi connectivity index (χ4n) is 2.49. The Hall–Kier alpha value is 0.230. The highest BCUT2D eigenvalue weighted by atomic mass is 32.2. The highest BCUT2D eigenvalue weighted by molar-refractivity contribution is 7.98. The van der Waals surface area contributed by atoms with Gasteiger partial charge in [0.1, 0.15) is 0 Å². The fraction of sp³-hybridized carbons (Fsp3) is 1.00. The Kier molecular flexibility index (Phi) is 6.11. The second kappa shape index (κ2) is 6.84. The molecule has 0 unspecified atom stereocenters. The molecule has 96 valence electrons. The van der Waals surface area contributed by atoms with Crippen molar-refractivity contribution in [3.63, 3.8) is 0 Å². The zero-order chi connectivity index (χ0) is 12.0. The Morgan fingerprint density at radius 3 is 2.44 bits per heavy atom. The van der Waals surface area contributed by atoms with Crippen LogP contribution >= 0.6 is 11.8 Å². The van der Waals surface area contributed by atoms with E-state index in [-0.39, 0.29) is 5.54 Å². The average molecular weight is 245 g/mol. The molecule has 0 amide bonds. The van der Waals surface area contributed by atoms with E-state index in [4.69, 9.17) is 5.73 Å². The van der Waals surface area contributed by atoms with Gasteiger partial charge in [0.05, 0.1) is 0 Å². The van der Waals surface area contributed by atoms with E-state index in [0.29, 0.717) is 0 Å². The number of rotatable bonds is 6. The molecule has 1 saturated heterocycles. The number of likely N-dealkylation sites (tertiary alicyclic amines) is 1. The molecule has 3 nitrogen and oxygen atoms in total. The molecule has 0 spiro atoms. The first-order chi connectivity index (χ1) is 7.68. The SMILES string of the molecule is CCN1CCC(CN)(N(C)CCSC)CC1. The summed E-state index contributed by atoms with van der Waals surface area (Å²) in [7, 11) is 2.24. The van der Waals surface area contributed by atoms with Crippen LogP contribution in [0, 0.1) is 0 Å². The lowest BCUT2D eigenvalue weighted by Gasteiger charge is -2.47. The van der Waals surface area contributed by atoms with E-state index in [9.17, 15) is 0 Å². The average Bonchev–Trinajstić information content (AvgIpc) is 2.35. The van der Waals surface area contributed by atoms with Gasteiger partial charge in [0.15, 0.2) is 0 Å². The summed E-state index contributed by atoms with van der Waals surface area (Å²) in [4.78, 5) is 5.02. The van der Waals surface area contributed by atoms with Crippen LogP contribution < -0.4 is 5.73 Å². The molecule has 0 saturated carbocycles. The zero-order valence-corrected chi connectivity index (χ0v) is 11.9. The van der Waals surface area contributed by atoms with E-state index in [0.717, 1.165) is 13.1 Å². The van der Waals surface area contributed by atoms with E-state index in [1.807, 2.05) is 11.8 Å². The zero-order valence-electron chi connectivity index (χ0n) is 11.0. The van der Waals surface area contributed by atoms with Gasteiger partial charge in [-0.25, -0.2) is 0 Å². The lowest BCUT2D eigenvalue weighted by Crippen LogP contribution is -2.58. The molecule has 2 N–H and O–H groups in total. The predicted octanol–water partition coefficient (Wildman–Crippen LogP) is 1.09. The minimum Gasteiger partial charge on any atom is -0.329 e. The van der Waals surface area contributed by atoms with Crippen LogP contribution in [0.25, 0.3) is 0 Å². The first kappa shape index (κ1) is 14.3. The second-order valence-electron chi connectivity index (χ2n) is 4.78. The second-order valence-corrected chi connectivity index (χ2v) is 5.76. The molecule has 1 rings (SSSR count). The van der Waals surface area contributed by atoms with Crippen molar-refractivity contribution in [1.82, 2.24) is 9.80 Å². The van der Waals surface area contributed by atoms with Crippen LogP contribution in [-0.4, -0.2) is 67.1 Å². The van der Waals surface area contributed by atoms with Gasteiger partial charge in [-0.2, -0.15) is 11.8 Å². The Bertz CT molecular complexity index is 191. The molecule has 0 aromatic carbocycles. The van der Waals surface area contributed by atoms with Crippen molar-refractivity contribution in [2.24, 2.45) is 5.73 Å². The maximum atomic E-state index is 6.03. The van der Waals surface area contributed by atoms with Gasteiger partial charge in [0.2, 0.25) is 0 Å². The smallest absolute Gasteiger partial charge is 0.0353 e. The Labute approximate surface area is 105 Å². The molecule has 16 heavy (non-hydrogen) atoms. The van der Waals surface area contributed by atoms with Gasteiger partial charge in [0.25, 0.3) is 0 Å². The molecule has 1 aliphatic rings. The largest absolute Gasteiger partial charge is 0.329 e. The molecule has 0 aromatic rings. The van der Waals surface area contributed by atoms with Gasteiger partial charge in [-0.1, -0.05) is 6.92 Å². The van der Waals surface area contributed by atoms with E-state index < -0.39 is 0 Å². The van der Waals surface area contributed by atoms with Gasteiger partial charge in [0, 0.05) is 24.4 Å². The lowest BCUT2D eigenvalue weighted by atomic mass is 9.86.